The zero-order chi connectivity index (χ0) is 85.7. The number of phenols is 1. The van der Waals surface area contributed by atoms with E-state index in [1.165, 1.54) is 11.8 Å². The number of aryl methyl sites for hydroxylation is 2. The van der Waals surface area contributed by atoms with Gasteiger partial charge in [0.15, 0.2) is 29.1 Å². The zero-order valence-corrected chi connectivity index (χ0v) is 74.1. The molecule has 4 heterocycles. The van der Waals surface area contributed by atoms with Gasteiger partial charge in [-0.2, -0.15) is 33.7 Å². The second kappa shape index (κ2) is 43.7. The van der Waals surface area contributed by atoms with Crippen LogP contribution in [0.25, 0.3) is 0 Å². The van der Waals surface area contributed by atoms with E-state index in [1.54, 1.807) is 120 Å². The van der Waals surface area contributed by atoms with Crippen LogP contribution in [0.15, 0.2) is 216 Å². The number of carbonyl (C=O) groups excluding carboxylic acids is 3. The highest BCUT2D eigenvalue weighted by atomic mass is 35.5. The van der Waals surface area contributed by atoms with Gasteiger partial charge in [-0.1, -0.05) is 103 Å². The molecule has 0 radical (unpaired) electrons. The number of nitrogens with zero attached hydrogens (tertiary/aromatic N) is 2. The maximum absolute atomic E-state index is 12.8. The molecule has 0 aromatic heterocycles. The van der Waals surface area contributed by atoms with Gasteiger partial charge in [0.25, 0.3) is 52.3 Å². The number of ether oxygens (including phenoxy) is 2. The maximum atomic E-state index is 12.8. The largest absolute Gasteiger partial charge is 0.508 e. The Morgan fingerprint density at radius 3 is 1.64 bits per heavy atom. The number of aromatic hydroxyl groups is 1. The highest BCUT2D eigenvalue weighted by molar-refractivity contribution is 8.04. The Morgan fingerprint density at radius 1 is 0.568 bits per heavy atom. The summed E-state index contributed by atoms with van der Waals surface area (Å²) >= 11 is 20.0. The molecule has 0 fully saturated rings. The second-order valence-electron chi connectivity index (χ2n) is 27.4. The summed E-state index contributed by atoms with van der Waals surface area (Å²) in [6.45, 7) is 14.3. The molecule has 0 bridgehead atoms. The standard InChI is InChI=1S/C27H30Cl2N4O8S4.C27H34N2O6S4.C25H28N2O6S/c1-2-17(11-26-32(15-24(34)30-7-9-44(36,37)38)20-13-18(28)3-5-22(20)42-26)12-27-33(16-25(35)31-8-10-45(39,40)41)21-14-19(29)4-6-23(21)43-27;1-4-21(17-26-28(11-5-13-38(30,31)32)22-15-19(2)7-9-24(22)36-26)18-27-29(12-6-14-39(33,34)35)23-16-20(3)8-10-25(23)37-27;1-4-17(2)30-21-9-5-19(6-10-21)26-27-25(29)18(3)31-22-11-13-23(14-12-22)32-33-34-24-15-7-20(28)8-16-24/h3-6,11-14,26H,2,7-10,15-16H2,1H3,(H,30,34)(H,31,35)(H,36,37,38)(H,39,40,41);7-10,15-18,26H,4-6,11-14H2,1-3H3,(H,30,31,32)(H,33,34,35);5-18,26,28H,4H2,1-3H3,(H,27,29)/p+2/b17-11+,27-12-;21-17+,27-18-;. The van der Waals surface area contributed by atoms with Crippen LogP contribution in [0.5, 0.6) is 23.0 Å². The third kappa shape index (κ3) is 30.2. The van der Waals surface area contributed by atoms with Crippen molar-refractivity contribution in [1.82, 2.24) is 16.1 Å². The Bertz CT molecular complexity index is 5310. The summed E-state index contributed by atoms with van der Waals surface area (Å²) < 4.78 is 143. The molecule has 0 spiro atoms. The normalized spacial score (nSPS) is 17.6. The number of nitrogens with one attached hydrogen (secondary N) is 6. The first-order valence-electron chi connectivity index (χ1n) is 37.2. The van der Waals surface area contributed by atoms with Gasteiger partial charge in [-0.25, -0.2) is 0 Å². The summed E-state index contributed by atoms with van der Waals surface area (Å²) in [5.41, 5.74) is 14.2. The smallest absolute Gasteiger partial charge is 0.279 e. The lowest BCUT2D eigenvalue weighted by molar-refractivity contribution is -0.835. The van der Waals surface area contributed by atoms with Crippen LogP contribution >= 0.6 is 82.3 Å². The number of hydrazine groups is 1. The number of benzene rings is 7. The molecule has 4 aliphatic heterocycles. The van der Waals surface area contributed by atoms with Crippen molar-refractivity contribution >= 4 is 169 Å². The van der Waals surface area contributed by atoms with Gasteiger partial charge in [0.1, 0.15) is 35.2 Å². The summed E-state index contributed by atoms with van der Waals surface area (Å²) in [4.78, 5) is 53.8. The van der Waals surface area contributed by atoms with Gasteiger partial charge >= 0.3 is 0 Å². The monoisotopic (exact) mass is 1830 g/mol. The average Bonchev–Trinajstić information content (AvgIpc) is 1.65. The lowest BCUT2D eigenvalue weighted by Gasteiger charge is -2.22. The van der Waals surface area contributed by atoms with E-state index in [0.29, 0.717) is 59.6 Å². The van der Waals surface area contributed by atoms with Crippen LogP contribution in [0.2, 0.25) is 10.0 Å². The number of rotatable bonds is 36. The van der Waals surface area contributed by atoms with Gasteiger partial charge in [0.2, 0.25) is 5.91 Å². The number of anilines is 3. The molecule has 636 valence electrons. The van der Waals surface area contributed by atoms with Crippen molar-refractivity contribution < 1.29 is 99.9 Å². The molecule has 7 aromatic carbocycles. The highest BCUT2D eigenvalue weighted by Gasteiger charge is 2.38. The molecular formula is C79H94Cl2N8O20S9+2. The summed E-state index contributed by atoms with van der Waals surface area (Å²) in [5.74, 6) is -1.00. The Hall–Kier alpha value is -7.64. The Morgan fingerprint density at radius 2 is 1.06 bits per heavy atom. The number of quaternary nitrogens is 2. The van der Waals surface area contributed by atoms with Crippen LogP contribution in [-0.2, 0) is 59.2 Å². The molecule has 0 saturated heterocycles. The van der Waals surface area contributed by atoms with E-state index in [-0.39, 0.29) is 66.2 Å². The number of halogens is 2. The van der Waals surface area contributed by atoms with E-state index < -0.39 is 69.9 Å². The fourth-order valence-electron chi connectivity index (χ4n) is 12.0. The molecule has 3 amide bonds. The van der Waals surface area contributed by atoms with Gasteiger partial charge in [-0.15, -0.1) is 4.33 Å². The van der Waals surface area contributed by atoms with Crippen molar-refractivity contribution in [3.63, 3.8) is 0 Å². The molecule has 7 aromatic rings. The molecule has 11 rings (SSSR count). The fourth-order valence-corrected chi connectivity index (χ4v) is 19.4. The first kappa shape index (κ1) is 94.2. The van der Waals surface area contributed by atoms with Crippen LogP contribution in [0.1, 0.15) is 77.8 Å². The first-order chi connectivity index (χ1) is 55.9. The van der Waals surface area contributed by atoms with Crippen LogP contribution in [0.3, 0.4) is 0 Å². The zero-order valence-electron chi connectivity index (χ0n) is 65.3. The number of amides is 3. The number of phenolic OH excluding ortho intramolecular Hbond substituents is 1. The minimum absolute atomic E-state index is 0.0188. The van der Waals surface area contributed by atoms with Gasteiger partial charge in [0.05, 0.1) is 84.6 Å². The molecule has 11 N–H and O–H groups in total. The molecule has 6 atom stereocenters. The molecule has 0 aliphatic carbocycles. The number of allylic oxidation sites excluding steroid dienone is 4. The van der Waals surface area contributed by atoms with Crippen molar-refractivity contribution in [1.29, 1.82) is 0 Å². The Labute approximate surface area is 719 Å². The van der Waals surface area contributed by atoms with Crippen molar-refractivity contribution in [3.05, 3.63) is 212 Å². The van der Waals surface area contributed by atoms with Gasteiger partial charge < -0.3 is 39.9 Å². The highest BCUT2D eigenvalue weighted by Crippen LogP contribution is 2.49. The lowest BCUT2D eigenvalue weighted by Crippen LogP contribution is -3.10. The van der Waals surface area contributed by atoms with E-state index in [2.05, 4.69) is 88.8 Å². The van der Waals surface area contributed by atoms with E-state index in [1.807, 2.05) is 76.2 Å². The van der Waals surface area contributed by atoms with Crippen molar-refractivity contribution in [2.24, 2.45) is 0 Å². The number of thioether (sulfide) groups is 4. The number of carbonyl (C=O) groups is 3. The number of fused-ring (bicyclic) bond motifs is 4. The summed E-state index contributed by atoms with van der Waals surface area (Å²) in [7, 11) is -16.5. The van der Waals surface area contributed by atoms with Crippen LogP contribution in [-0.4, -0.2) is 160 Å². The van der Waals surface area contributed by atoms with Gasteiger partial charge in [0, 0.05) is 62.9 Å². The Balaban J connectivity index is 0.000000204. The average molecular weight is 1840 g/mol. The van der Waals surface area contributed by atoms with E-state index >= 15 is 0 Å². The third-order valence-electron chi connectivity index (χ3n) is 18.1. The molecule has 118 heavy (non-hydrogen) atoms. The van der Waals surface area contributed by atoms with Crippen molar-refractivity contribution in [3.8, 4) is 23.0 Å². The van der Waals surface area contributed by atoms with E-state index in [4.69, 9.17) is 51.0 Å². The molecular weight excluding hydrogens is 1740 g/mol. The summed E-state index contributed by atoms with van der Waals surface area (Å²) in [5, 5.41) is 16.8. The minimum Gasteiger partial charge on any atom is -0.508 e. The van der Waals surface area contributed by atoms with Crippen LogP contribution in [0, 0.1) is 13.8 Å². The number of hydrogen-bond acceptors (Lipinski definition) is 24. The van der Waals surface area contributed by atoms with Crippen LogP contribution < -0.4 is 55.4 Å². The predicted molar refractivity (Wildman–Crippen MR) is 467 cm³/mol. The predicted octanol–water partition coefficient (Wildman–Crippen LogP) is 12.8. The number of hydrogen-bond donors (Lipinski definition) is 11. The SMILES string of the molecule is CCC(/C=C1\Sc2ccc(C)cc2N1CCCS(=O)(=O)O)=C\C1Sc2ccc(C)cc2[NH+]1CCCS(=O)(=O)O.CCC(/C=C1\Sc2ccc(Cl)cc2N1CC(=O)NCCS(=O)(=O)O)=C\C1Sc2ccc(Cl)cc2[NH+]1CC(=O)NCCS(=O)(=O)O.CCC(C)Oc1ccc(NNC(=O)C(C)Oc2ccc(OOSc3ccc(O)cc3)cc2)cc1. The van der Waals surface area contributed by atoms with Crippen molar-refractivity contribution in [2.75, 3.05) is 77.5 Å². The molecule has 6 unspecified atom stereocenters. The summed E-state index contributed by atoms with van der Waals surface area (Å²) in [6.07, 6.45) is 10.8. The Kier molecular flexibility index (Phi) is 34.9. The van der Waals surface area contributed by atoms with E-state index in [0.717, 1.165) is 120 Å². The van der Waals surface area contributed by atoms with Crippen LogP contribution in [0.4, 0.5) is 28.4 Å². The third-order valence-corrected chi connectivity index (χ3v) is 27.0. The lowest BCUT2D eigenvalue weighted by atomic mass is 10.1. The van der Waals surface area contributed by atoms with Gasteiger partial charge in [-0.3, -0.25) is 53.2 Å². The maximum Gasteiger partial charge on any atom is 0.279 e. The second-order valence-corrected chi connectivity index (χ2v) is 39.8. The van der Waals surface area contributed by atoms with Crippen molar-refractivity contribution in [2.45, 2.75) is 128 Å². The van der Waals surface area contributed by atoms with Gasteiger partial charge in [-0.05, 0) is 221 Å². The summed E-state index contributed by atoms with van der Waals surface area (Å²) in [6, 6.07) is 43.9. The molecule has 28 nitrogen and oxygen atoms in total. The van der Waals surface area contributed by atoms with E-state index in [9.17, 15) is 62.3 Å². The minimum atomic E-state index is -4.23. The molecule has 4 aliphatic rings. The fraction of sp³-hybridized carbons (Fsp3) is 0.329. The quantitative estimate of drug-likeness (QED) is 0.00752. The first-order valence-corrected chi connectivity index (χ1v) is 48.5. The molecule has 39 heteroatoms. The molecule has 0 saturated carbocycles. The topological polar surface area (TPSA) is 389 Å².